The lowest BCUT2D eigenvalue weighted by atomic mass is 9.96. The fourth-order valence-electron chi connectivity index (χ4n) is 4.20. The van der Waals surface area contributed by atoms with Crippen molar-refractivity contribution in [1.82, 2.24) is 14.5 Å². The summed E-state index contributed by atoms with van der Waals surface area (Å²) in [4.78, 5) is 22.7. The Balaban J connectivity index is 1.73. The summed E-state index contributed by atoms with van der Waals surface area (Å²) in [6, 6.07) is 5.27. The van der Waals surface area contributed by atoms with E-state index in [1.54, 1.807) is 20.4 Å². The third-order valence-corrected chi connectivity index (χ3v) is 5.86. The first kappa shape index (κ1) is 22.2. The predicted octanol–water partition coefficient (Wildman–Crippen LogP) is 3.33. The number of hydrogen-bond acceptors (Lipinski definition) is 6. The fourth-order valence-corrected chi connectivity index (χ4v) is 4.20. The van der Waals surface area contributed by atoms with Gasteiger partial charge in [-0.05, 0) is 31.0 Å². The van der Waals surface area contributed by atoms with Crippen molar-refractivity contribution in [3.8, 4) is 11.3 Å². The lowest BCUT2D eigenvalue weighted by molar-refractivity contribution is -0.142. The molecule has 1 saturated heterocycles. The summed E-state index contributed by atoms with van der Waals surface area (Å²) in [7, 11) is 3.21. The standard InChI is InChI=1S/C23H27FN4O4/c1-31-10-9-27-6-5-16-11-17(12-19(24)21(16)27)20-22(26-18(13-25-20)14-32-2)28-7-3-15(4-8-28)23(29)30/h5-6,11-13,15H,3-4,7-10,14H2,1-2H3,(H,29,30). The maximum Gasteiger partial charge on any atom is 0.306 e. The average molecular weight is 442 g/mol. The third-order valence-electron chi connectivity index (χ3n) is 5.86. The van der Waals surface area contributed by atoms with Crippen molar-refractivity contribution in [2.75, 3.05) is 38.8 Å². The molecule has 32 heavy (non-hydrogen) atoms. The van der Waals surface area contributed by atoms with E-state index < -0.39 is 5.97 Å². The molecule has 4 rings (SSSR count). The van der Waals surface area contributed by atoms with Gasteiger partial charge in [-0.2, -0.15) is 0 Å². The van der Waals surface area contributed by atoms with Crippen LogP contribution in [0.1, 0.15) is 18.5 Å². The zero-order chi connectivity index (χ0) is 22.7. The molecule has 8 nitrogen and oxygen atoms in total. The lowest BCUT2D eigenvalue weighted by Crippen LogP contribution is -2.37. The van der Waals surface area contributed by atoms with E-state index in [4.69, 9.17) is 14.5 Å². The number of carbonyl (C=O) groups is 1. The number of methoxy groups -OCH3 is 2. The first-order valence-electron chi connectivity index (χ1n) is 10.6. The highest BCUT2D eigenvalue weighted by atomic mass is 19.1. The number of carboxylic acid groups (broad SMARTS) is 1. The number of ether oxygens (including phenoxy) is 2. The predicted molar refractivity (Wildman–Crippen MR) is 118 cm³/mol. The summed E-state index contributed by atoms with van der Waals surface area (Å²) in [5.41, 5.74) is 2.40. The normalized spacial score (nSPS) is 14.9. The molecule has 0 spiro atoms. The van der Waals surface area contributed by atoms with Crippen LogP contribution in [0, 0.1) is 11.7 Å². The van der Waals surface area contributed by atoms with Crippen molar-refractivity contribution in [2.45, 2.75) is 26.0 Å². The average Bonchev–Trinajstić information content (AvgIpc) is 3.21. The van der Waals surface area contributed by atoms with Crippen LogP contribution in [-0.4, -0.2) is 59.5 Å². The van der Waals surface area contributed by atoms with Gasteiger partial charge in [0.05, 0.1) is 36.5 Å². The van der Waals surface area contributed by atoms with E-state index in [2.05, 4.69) is 4.98 Å². The van der Waals surface area contributed by atoms with Crippen LogP contribution in [0.15, 0.2) is 30.6 Å². The summed E-state index contributed by atoms with van der Waals surface area (Å²) in [5.74, 6) is -0.835. The molecule has 0 atom stereocenters. The second-order valence-electron chi connectivity index (χ2n) is 7.96. The number of aromatic nitrogens is 3. The largest absolute Gasteiger partial charge is 0.481 e. The summed E-state index contributed by atoms with van der Waals surface area (Å²) in [6.45, 7) is 2.46. The molecule has 1 aliphatic heterocycles. The molecule has 3 aromatic rings. The number of nitrogens with zero attached hydrogens (tertiary/aromatic N) is 4. The Bertz CT molecular complexity index is 1110. The van der Waals surface area contributed by atoms with Gasteiger partial charge in [-0.3, -0.25) is 9.78 Å². The summed E-state index contributed by atoms with van der Waals surface area (Å²) in [5, 5.41) is 10.1. The number of anilines is 1. The van der Waals surface area contributed by atoms with E-state index in [9.17, 15) is 9.90 Å². The highest BCUT2D eigenvalue weighted by Crippen LogP contribution is 2.34. The van der Waals surface area contributed by atoms with E-state index in [-0.39, 0.29) is 11.7 Å². The van der Waals surface area contributed by atoms with Crippen molar-refractivity contribution in [3.63, 3.8) is 0 Å². The topological polar surface area (TPSA) is 89.7 Å². The molecular formula is C23H27FN4O4. The smallest absolute Gasteiger partial charge is 0.306 e. The quantitative estimate of drug-likeness (QED) is 0.572. The van der Waals surface area contributed by atoms with Crippen LogP contribution in [0.3, 0.4) is 0 Å². The van der Waals surface area contributed by atoms with Gasteiger partial charge >= 0.3 is 5.97 Å². The number of piperidine rings is 1. The molecule has 1 aliphatic rings. The highest BCUT2D eigenvalue weighted by molar-refractivity contribution is 5.87. The molecule has 1 N–H and O–H groups in total. The monoisotopic (exact) mass is 442 g/mol. The van der Waals surface area contributed by atoms with Gasteiger partial charge in [-0.15, -0.1) is 0 Å². The Morgan fingerprint density at radius 1 is 1.25 bits per heavy atom. The molecule has 0 amide bonds. The van der Waals surface area contributed by atoms with Crippen LogP contribution in [0.2, 0.25) is 0 Å². The van der Waals surface area contributed by atoms with E-state index in [0.29, 0.717) is 74.0 Å². The Labute approximate surface area is 185 Å². The van der Waals surface area contributed by atoms with E-state index in [1.807, 2.05) is 27.8 Å². The molecule has 1 aromatic carbocycles. The van der Waals surface area contributed by atoms with Crippen LogP contribution in [-0.2, 0) is 27.4 Å². The molecule has 0 radical (unpaired) electrons. The van der Waals surface area contributed by atoms with Crippen molar-refractivity contribution in [2.24, 2.45) is 5.92 Å². The molecule has 9 heteroatoms. The molecule has 0 saturated carbocycles. The maximum atomic E-state index is 15.2. The zero-order valence-electron chi connectivity index (χ0n) is 18.3. The SMILES string of the molecule is COCCn1ccc2cc(-c3ncc(COC)nc3N3CCC(C(=O)O)CC3)cc(F)c21. The Kier molecular flexibility index (Phi) is 6.66. The second-order valence-corrected chi connectivity index (χ2v) is 7.96. The molecule has 1 fully saturated rings. The summed E-state index contributed by atoms with van der Waals surface area (Å²) in [6.07, 6.45) is 4.54. The van der Waals surface area contributed by atoms with Gasteiger partial charge in [-0.1, -0.05) is 0 Å². The van der Waals surface area contributed by atoms with Crippen LogP contribution in [0.5, 0.6) is 0 Å². The summed E-state index contributed by atoms with van der Waals surface area (Å²) < 4.78 is 27.3. The number of benzene rings is 1. The molecule has 170 valence electrons. The van der Waals surface area contributed by atoms with Gasteiger partial charge in [0.2, 0.25) is 0 Å². The van der Waals surface area contributed by atoms with Gasteiger partial charge < -0.3 is 24.0 Å². The van der Waals surface area contributed by atoms with Gasteiger partial charge in [0.15, 0.2) is 5.82 Å². The Hall–Kier alpha value is -3.04. The highest BCUT2D eigenvalue weighted by Gasteiger charge is 2.27. The number of halogens is 1. The first-order chi connectivity index (χ1) is 15.5. The number of rotatable bonds is 8. The molecule has 3 heterocycles. The minimum Gasteiger partial charge on any atom is -0.481 e. The Morgan fingerprint density at radius 2 is 2.03 bits per heavy atom. The van der Waals surface area contributed by atoms with Crippen LogP contribution < -0.4 is 4.90 Å². The van der Waals surface area contributed by atoms with Gasteiger partial charge in [0.1, 0.15) is 11.5 Å². The second kappa shape index (κ2) is 9.62. The minimum atomic E-state index is -0.769. The number of carboxylic acids is 1. The lowest BCUT2D eigenvalue weighted by Gasteiger charge is -2.32. The number of hydrogen-bond donors (Lipinski definition) is 1. The molecule has 0 unspecified atom stereocenters. The van der Waals surface area contributed by atoms with Crippen molar-refractivity contribution in [1.29, 1.82) is 0 Å². The molecular weight excluding hydrogens is 415 g/mol. The van der Waals surface area contributed by atoms with Crippen molar-refractivity contribution in [3.05, 3.63) is 42.1 Å². The van der Waals surface area contributed by atoms with Crippen molar-refractivity contribution >= 4 is 22.7 Å². The number of aliphatic carboxylic acids is 1. The Morgan fingerprint density at radius 3 is 2.72 bits per heavy atom. The molecule has 2 aromatic heterocycles. The molecule has 0 bridgehead atoms. The first-order valence-corrected chi connectivity index (χ1v) is 10.6. The van der Waals surface area contributed by atoms with E-state index in [0.717, 1.165) is 5.39 Å². The van der Waals surface area contributed by atoms with Gasteiger partial charge in [0.25, 0.3) is 0 Å². The van der Waals surface area contributed by atoms with Gasteiger partial charge in [-0.25, -0.2) is 9.37 Å². The van der Waals surface area contributed by atoms with Crippen LogP contribution in [0.4, 0.5) is 10.2 Å². The molecule has 0 aliphatic carbocycles. The van der Waals surface area contributed by atoms with E-state index in [1.165, 1.54) is 6.07 Å². The maximum absolute atomic E-state index is 15.2. The third kappa shape index (κ3) is 4.44. The van der Waals surface area contributed by atoms with Gasteiger partial charge in [0, 0.05) is 51.0 Å². The van der Waals surface area contributed by atoms with Crippen molar-refractivity contribution < 1.29 is 23.8 Å². The van der Waals surface area contributed by atoms with E-state index >= 15 is 4.39 Å². The minimum absolute atomic E-state index is 0.307. The fraction of sp³-hybridized carbons (Fsp3) is 0.435. The number of fused-ring (bicyclic) bond motifs is 1. The zero-order valence-corrected chi connectivity index (χ0v) is 18.3. The van der Waals surface area contributed by atoms with Crippen LogP contribution >= 0.6 is 0 Å². The van der Waals surface area contributed by atoms with Crippen LogP contribution in [0.25, 0.3) is 22.2 Å². The summed E-state index contributed by atoms with van der Waals surface area (Å²) >= 11 is 0.